The minimum absolute atomic E-state index is 0.222. The molecule has 0 atom stereocenters. The summed E-state index contributed by atoms with van der Waals surface area (Å²) in [5.74, 6) is 0.222. The highest BCUT2D eigenvalue weighted by Crippen LogP contribution is 2.07. The number of rotatable bonds is 11. The number of unbranched alkanes of at least 4 members (excludes halogenated alkanes) is 6. The van der Waals surface area contributed by atoms with Crippen molar-refractivity contribution < 1.29 is 4.79 Å². The molecule has 0 aliphatic carbocycles. The first-order chi connectivity index (χ1) is 7.81. The molecule has 0 aromatic carbocycles. The molecule has 0 heterocycles. The van der Waals surface area contributed by atoms with Crippen LogP contribution in [0.3, 0.4) is 0 Å². The average molecular weight is 225 g/mol. The molecular weight excluding hydrogens is 198 g/mol. The summed E-state index contributed by atoms with van der Waals surface area (Å²) in [5.41, 5.74) is 0. The van der Waals surface area contributed by atoms with Crippen molar-refractivity contribution in [2.75, 3.05) is 6.54 Å². The van der Waals surface area contributed by atoms with E-state index in [2.05, 4.69) is 18.8 Å². The molecular formula is C14H27NO. The van der Waals surface area contributed by atoms with Crippen molar-refractivity contribution in [1.82, 2.24) is 5.32 Å². The molecule has 0 radical (unpaired) electrons. The van der Waals surface area contributed by atoms with E-state index in [0.29, 0.717) is 6.42 Å². The number of hydrogen-bond acceptors (Lipinski definition) is 1. The van der Waals surface area contributed by atoms with Crippen LogP contribution in [-0.2, 0) is 4.79 Å². The molecule has 0 spiro atoms. The largest absolute Gasteiger partial charge is 0.356 e. The first-order valence-corrected chi connectivity index (χ1v) is 6.68. The van der Waals surface area contributed by atoms with Gasteiger partial charge < -0.3 is 5.32 Å². The summed E-state index contributed by atoms with van der Waals surface area (Å²) in [6.45, 7) is 6.68. The average Bonchev–Trinajstić information content (AvgIpc) is 2.28. The van der Waals surface area contributed by atoms with Crippen LogP contribution in [0.25, 0.3) is 0 Å². The van der Waals surface area contributed by atoms with Gasteiger partial charge in [0.15, 0.2) is 0 Å². The van der Waals surface area contributed by atoms with Gasteiger partial charge in [0.25, 0.3) is 0 Å². The third kappa shape index (κ3) is 11.3. The normalized spacial score (nSPS) is 10.1. The van der Waals surface area contributed by atoms with E-state index in [1.165, 1.54) is 25.7 Å². The Bertz CT molecular complexity index is 178. The Kier molecular flexibility index (Phi) is 11.7. The van der Waals surface area contributed by atoms with Gasteiger partial charge in [0.1, 0.15) is 0 Å². The van der Waals surface area contributed by atoms with Crippen LogP contribution in [0.5, 0.6) is 0 Å². The summed E-state index contributed by atoms with van der Waals surface area (Å²) < 4.78 is 0. The molecule has 2 nitrogen and oxygen atoms in total. The maximum Gasteiger partial charge on any atom is 0.219 e. The van der Waals surface area contributed by atoms with Crippen molar-refractivity contribution in [3.8, 4) is 0 Å². The van der Waals surface area contributed by atoms with Crippen LogP contribution in [-0.4, -0.2) is 12.5 Å². The number of nitrogens with one attached hydrogen (secondary N) is 1. The maximum atomic E-state index is 11.3. The Labute approximate surface area is 101 Å². The Hall–Kier alpha value is -0.790. The molecule has 1 amide bonds. The van der Waals surface area contributed by atoms with Crippen molar-refractivity contribution in [2.45, 2.75) is 64.7 Å². The lowest BCUT2D eigenvalue weighted by Gasteiger charge is -2.04. The molecule has 0 aromatic rings. The van der Waals surface area contributed by atoms with E-state index in [1.807, 2.05) is 6.08 Å². The summed E-state index contributed by atoms with van der Waals surface area (Å²) in [6.07, 6.45) is 12.0. The molecule has 0 fully saturated rings. The van der Waals surface area contributed by atoms with Crippen LogP contribution in [0.1, 0.15) is 64.7 Å². The van der Waals surface area contributed by atoms with Gasteiger partial charge in [-0.3, -0.25) is 4.79 Å². The van der Waals surface area contributed by atoms with Gasteiger partial charge in [0.2, 0.25) is 5.91 Å². The van der Waals surface area contributed by atoms with Crippen molar-refractivity contribution in [3.63, 3.8) is 0 Å². The van der Waals surface area contributed by atoms with E-state index in [1.54, 1.807) is 0 Å². The Morgan fingerprint density at radius 2 is 1.81 bits per heavy atom. The van der Waals surface area contributed by atoms with E-state index in [4.69, 9.17) is 0 Å². The van der Waals surface area contributed by atoms with E-state index in [0.717, 1.165) is 32.2 Å². The predicted molar refractivity (Wildman–Crippen MR) is 70.4 cm³/mol. The first kappa shape index (κ1) is 15.2. The van der Waals surface area contributed by atoms with Crippen LogP contribution in [0.2, 0.25) is 0 Å². The number of amides is 1. The second-order valence-corrected chi connectivity index (χ2v) is 4.30. The number of carbonyl (C=O) groups is 1. The van der Waals surface area contributed by atoms with Crippen molar-refractivity contribution in [3.05, 3.63) is 12.7 Å². The quantitative estimate of drug-likeness (QED) is 0.420. The fraction of sp³-hybridized carbons (Fsp3) is 0.786. The zero-order valence-corrected chi connectivity index (χ0v) is 10.8. The minimum atomic E-state index is 0.222. The lowest BCUT2D eigenvalue weighted by molar-refractivity contribution is -0.121. The summed E-state index contributed by atoms with van der Waals surface area (Å²) in [6, 6.07) is 0. The van der Waals surface area contributed by atoms with Crippen LogP contribution in [0.15, 0.2) is 12.7 Å². The molecule has 0 aromatic heterocycles. The topological polar surface area (TPSA) is 29.1 Å². The summed E-state index contributed by atoms with van der Waals surface area (Å²) in [4.78, 5) is 11.3. The van der Waals surface area contributed by atoms with Crippen molar-refractivity contribution in [2.24, 2.45) is 0 Å². The lowest BCUT2D eigenvalue weighted by atomic mass is 10.1. The molecule has 0 aliphatic heterocycles. The minimum Gasteiger partial charge on any atom is -0.356 e. The molecule has 1 N–H and O–H groups in total. The Balaban J connectivity index is 3.12. The fourth-order valence-corrected chi connectivity index (χ4v) is 1.60. The summed E-state index contributed by atoms with van der Waals surface area (Å²) in [5, 5.41) is 2.94. The van der Waals surface area contributed by atoms with Gasteiger partial charge in [0.05, 0.1) is 0 Å². The van der Waals surface area contributed by atoms with Crippen LogP contribution < -0.4 is 5.32 Å². The molecule has 0 saturated heterocycles. The van der Waals surface area contributed by atoms with Crippen LogP contribution >= 0.6 is 0 Å². The Morgan fingerprint density at radius 3 is 2.50 bits per heavy atom. The van der Waals surface area contributed by atoms with Crippen LogP contribution in [0, 0.1) is 0 Å². The third-order valence-electron chi connectivity index (χ3n) is 2.66. The smallest absolute Gasteiger partial charge is 0.219 e. The molecule has 16 heavy (non-hydrogen) atoms. The van der Waals surface area contributed by atoms with Crippen molar-refractivity contribution in [1.29, 1.82) is 0 Å². The second kappa shape index (κ2) is 12.3. The van der Waals surface area contributed by atoms with E-state index >= 15 is 0 Å². The molecule has 94 valence electrons. The maximum absolute atomic E-state index is 11.3. The molecule has 0 rings (SSSR count). The fourth-order valence-electron chi connectivity index (χ4n) is 1.60. The van der Waals surface area contributed by atoms with E-state index in [-0.39, 0.29) is 5.91 Å². The van der Waals surface area contributed by atoms with E-state index in [9.17, 15) is 4.79 Å². The standard InChI is InChI=1S/C14H27NO/c1-3-5-7-8-9-10-11-12-14(16)15-13-6-4-2/h3H,1,4-13H2,2H3,(H,15,16). The van der Waals surface area contributed by atoms with Gasteiger partial charge in [-0.2, -0.15) is 0 Å². The first-order valence-electron chi connectivity index (χ1n) is 6.68. The van der Waals surface area contributed by atoms with Gasteiger partial charge in [-0.05, 0) is 25.7 Å². The highest BCUT2D eigenvalue weighted by molar-refractivity contribution is 5.75. The van der Waals surface area contributed by atoms with Gasteiger partial charge in [-0.25, -0.2) is 0 Å². The van der Waals surface area contributed by atoms with Crippen LogP contribution in [0.4, 0.5) is 0 Å². The lowest BCUT2D eigenvalue weighted by Crippen LogP contribution is -2.23. The summed E-state index contributed by atoms with van der Waals surface area (Å²) in [7, 11) is 0. The van der Waals surface area contributed by atoms with Gasteiger partial charge in [-0.15, -0.1) is 6.58 Å². The predicted octanol–water partition coefficient (Wildman–Crippen LogP) is 3.82. The Morgan fingerprint density at radius 1 is 1.12 bits per heavy atom. The molecule has 0 unspecified atom stereocenters. The monoisotopic (exact) mass is 225 g/mol. The van der Waals surface area contributed by atoms with Gasteiger partial charge in [-0.1, -0.05) is 38.7 Å². The van der Waals surface area contributed by atoms with Gasteiger partial charge in [0, 0.05) is 13.0 Å². The molecule has 0 saturated carbocycles. The zero-order valence-electron chi connectivity index (χ0n) is 10.8. The second-order valence-electron chi connectivity index (χ2n) is 4.30. The highest BCUT2D eigenvalue weighted by Gasteiger charge is 1.99. The molecule has 2 heteroatoms. The number of carbonyl (C=O) groups excluding carboxylic acids is 1. The third-order valence-corrected chi connectivity index (χ3v) is 2.66. The number of allylic oxidation sites excluding steroid dienone is 1. The number of hydrogen-bond donors (Lipinski definition) is 1. The summed E-state index contributed by atoms with van der Waals surface area (Å²) >= 11 is 0. The molecule has 0 bridgehead atoms. The van der Waals surface area contributed by atoms with Gasteiger partial charge >= 0.3 is 0 Å². The SMILES string of the molecule is C=CCCCCCCCC(=O)NCCCC. The van der Waals surface area contributed by atoms with Crippen molar-refractivity contribution >= 4 is 5.91 Å². The molecule has 0 aliphatic rings. The van der Waals surface area contributed by atoms with E-state index < -0.39 is 0 Å². The zero-order chi connectivity index (χ0) is 12.1. The highest BCUT2D eigenvalue weighted by atomic mass is 16.1.